The van der Waals surface area contributed by atoms with Gasteiger partial charge in [-0.1, -0.05) is 22.0 Å². The first-order valence-electron chi connectivity index (χ1n) is 9.53. The Labute approximate surface area is 196 Å². The van der Waals surface area contributed by atoms with Crippen molar-refractivity contribution in [3.05, 3.63) is 63.8 Å². The summed E-state index contributed by atoms with van der Waals surface area (Å²) in [6, 6.07) is 12.3. The van der Waals surface area contributed by atoms with Crippen molar-refractivity contribution in [3.63, 3.8) is 0 Å². The van der Waals surface area contributed by atoms with Crippen molar-refractivity contribution in [2.75, 3.05) is 4.90 Å². The number of anilines is 1. The summed E-state index contributed by atoms with van der Waals surface area (Å²) < 4.78 is 6.35. The zero-order valence-electron chi connectivity index (χ0n) is 17.0. The largest absolute Gasteiger partial charge is 0.451 e. The van der Waals surface area contributed by atoms with Crippen molar-refractivity contribution in [3.8, 4) is 0 Å². The lowest BCUT2D eigenvalue weighted by molar-refractivity contribution is -0.130. The predicted molar refractivity (Wildman–Crippen MR) is 128 cm³/mol. The van der Waals surface area contributed by atoms with Crippen LogP contribution >= 0.6 is 28.1 Å². The first-order valence-corrected chi connectivity index (χ1v) is 10.7. The molecular formula is C22H17BrN4O4S. The number of carbonyl (C=O) groups excluding carboxylic acids is 3. The van der Waals surface area contributed by atoms with E-state index in [4.69, 9.17) is 16.6 Å². The number of aryl methyl sites for hydroxylation is 2. The Morgan fingerprint density at radius 2 is 1.97 bits per heavy atom. The van der Waals surface area contributed by atoms with Gasteiger partial charge >= 0.3 is 5.91 Å². The first kappa shape index (κ1) is 21.8. The molecule has 0 saturated carbocycles. The molecule has 0 radical (unpaired) electrons. The molecule has 10 heteroatoms. The fourth-order valence-corrected chi connectivity index (χ4v) is 3.86. The molecular weight excluding hydrogens is 496 g/mol. The zero-order valence-corrected chi connectivity index (χ0v) is 19.4. The second-order valence-corrected chi connectivity index (χ2v) is 8.53. The summed E-state index contributed by atoms with van der Waals surface area (Å²) in [7, 11) is 0. The van der Waals surface area contributed by atoms with Crippen LogP contribution in [0.4, 0.5) is 5.69 Å². The van der Waals surface area contributed by atoms with Gasteiger partial charge in [-0.15, -0.1) is 0 Å². The Bertz CT molecular complexity index is 1320. The standard InChI is InChI=1S/C22H17BrN4O4S/c1-11-3-5-15(7-12(11)2)27-21(30)16(19(28)25-22(27)32)10-24-26-20(29)18-9-13-8-14(23)4-6-17(13)31-18/h3-10,16H,1-2H3,(H,26,29)(H,25,28,32)/b24-10-/t16-/m1/s1. The van der Waals surface area contributed by atoms with Gasteiger partial charge in [0.05, 0.1) is 5.69 Å². The fourth-order valence-electron chi connectivity index (χ4n) is 3.18. The summed E-state index contributed by atoms with van der Waals surface area (Å²) in [5, 5.41) is 7.04. The topological polar surface area (TPSA) is 104 Å². The second-order valence-electron chi connectivity index (χ2n) is 7.23. The predicted octanol–water partition coefficient (Wildman–Crippen LogP) is 3.59. The summed E-state index contributed by atoms with van der Waals surface area (Å²) in [4.78, 5) is 38.9. The van der Waals surface area contributed by atoms with Gasteiger partial charge in [0.15, 0.2) is 16.8 Å². The first-order chi connectivity index (χ1) is 15.2. The molecule has 2 N–H and O–H groups in total. The van der Waals surface area contributed by atoms with Crippen LogP contribution in [-0.2, 0) is 9.59 Å². The van der Waals surface area contributed by atoms with E-state index in [1.165, 1.54) is 4.90 Å². The molecule has 1 fully saturated rings. The number of benzene rings is 2. The van der Waals surface area contributed by atoms with E-state index in [0.29, 0.717) is 11.3 Å². The number of fused-ring (bicyclic) bond motifs is 1. The number of hydrogen-bond donors (Lipinski definition) is 2. The maximum atomic E-state index is 13.0. The Hall–Kier alpha value is -3.37. The molecule has 3 amide bonds. The Morgan fingerprint density at radius 1 is 1.19 bits per heavy atom. The van der Waals surface area contributed by atoms with Gasteiger partial charge in [-0.2, -0.15) is 5.10 Å². The van der Waals surface area contributed by atoms with E-state index >= 15 is 0 Å². The third-order valence-electron chi connectivity index (χ3n) is 5.04. The van der Waals surface area contributed by atoms with Crippen molar-refractivity contribution < 1.29 is 18.8 Å². The molecule has 2 heterocycles. The van der Waals surface area contributed by atoms with Crippen molar-refractivity contribution in [1.29, 1.82) is 0 Å². The van der Waals surface area contributed by atoms with Crippen LogP contribution in [0.25, 0.3) is 11.0 Å². The number of thiocarbonyl (C=S) groups is 1. The smallest absolute Gasteiger partial charge is 0.307 e. The SMILES string of the molecule is Cc1ccc(N2C(=O)[C@H](/C=N\NC(=O)c3cc4cc(Br)ccc4o3)C(=O)NC2=S)cc1C. The van der Waals surface area contributed by atoms with Gasteiger partial charge < -0.3 is 9.73 Å². The summed E-state index contributed by atoms with van der Waals surface area (Å²) in [5.74, 6) is -3.00. The van der Waals surface area contributed by atoms with Crippen molar-refractivity contribution in [2.24, 2.45) is 11.0 Å². The molecule has 0 bridgehead atoms. The summed E-state index contributed by atoms with van der Waals surface area (Å²) >= 11 is 8.55. The molecule has 32 heavy (non-hydrogen) atoms. The van der Waals surface area contributed by atoms with Gasteiger partial charge in [0.25, 0.3) is 5.91 Å². The Balaban J connectivity index is 1.50. The molecule has 1 aromatic heterocycles. The molecule has 0 spiro atoms. The average molecular weight is 513 g/mol. The van der Waals surface area contributed by atoms with Gasteiger partial charge in [-0.25, -0.2) is 5.43 Å². The normalized spacial score (nSPS) is 16.7. The number of furan rings is 1. The highest BCUT2D eigenvalue weighted by atomic mass is 79.9. The van der Waals surface area contributed by atoms with E-state index in [1.54, 1.807) is 24.3 Å². The highest BCUT2D eigenvalue weighted by Gasteiger charge is 2.38. The molecule has 1 aliphatic heterocycles. The van der Waals surface area contributed by atoms with Crippen LogP contribution in [-0.4, -0.2) is 29.0 Å². The summed E-state index contributed by atoms with van der Waals surface area (Å²) in [5.41, 5.74) is 5.41. The third kappa shape index (κ3) is 4.19. The lowest BCUT2D eigenvalue weighted by Gasteiger charge is -2.31. The van der Waals surface area contributed by atoms with Gasteiger partial charge in [0.2, 0.25) is 5.91 Å². The highest BCUT2D eigenvalue weighted by molar-refractivity contribution is 9.10. The maximum Gasteiger partial charge on any atom is 0.307 e. The number of hydrazone groups is 1. The molecule has 1 saturated heterocycles. The van der Waals surface area contributed by atoms with E-state index < -0.39 is 23.6 Å². The minimum absolute atomic E-state index is 0.00891. The van der Waals surface area contributed by atoms with Gasteiger partial charge in [-0.3, -0.25) is 19.3 Å². The van der Waals surface area contributed by atoms with Gasteiger partial charge in [0.1, 0.15) is 5.58 Å². The number of hydrogen-bond acceptors (Lipinski definition) is 6. The molecule has 4 rings (SSSR count). The lowest BCUT2D eigenvalue weighted by atomic mass is 10.0. The quantitative estimate of drug-likeness (QED) is 0.240. The van der Waals surface area contributed by atoms with E-state index in [1.807, 2.05) is 32.0 Å². The highest BCUT2D eigenvalue weighted by Crippen LogP contribution is 2.24. The van der Waals surface area contributed by atoms with Crippen LogP contribution in [0.5, 0.6) is 0 Å². The molecule has 1 atom stereocenters. The summed E-state index contributed by atoms with van der Waals surface area (Å²) in [6.07, 6.45) is 1.07. The van der Waals surface area contributed by atoms with Crippen molar-refractivity contribution >= 4 is 73.9 Å². The van der Waals surface area contributed by atoms with Gasteiger partial charge in [0, 0.05) is 16.1 Å². The third-order valence-corrected chi connectivity index (χ3v) is 5.82. The monoisotopic (exact) mass is 512 g/mol. The number of rotatable bonds is 4. The van der Waals surface area contributed by atoms with Crippen LogP contribution in [0.1, 0.15) is 21.7 Å². The Morgan fingerprint density at radius 3 is 2.72 bits per heavy atom. The number of nitrogens with one attached hydrogen (secondary N) is 2. The molecule has 162 valence electrons. The van der Waals surface area contributed by atoms with Gasteiger partial charge in [-0.05, 0) is 73.6 Å². The molecule has 0 aliphatic carbocycles. The van der Waals surface area contributed by atoms with Crippen LogP contribution in [0.15, 0.2) is 56.5 Å². The van der Waals surface area contributed by atoms with Crippen molar-refractivity contribution in [1.82, 2.24) is 10.7 Å². The number of carbonyl (C=O) groups is 3. The van der Waals surface area contributed by atoms with E-state index in [9.17, 15) is 14.4 Å². The Kier molecular flexibility index (Phi) is 5.90. The van der Waals surface area contributed by atoms with Crippen LogP contribution < -0.4 is 15.6 Å². The number of nitrogens with zero attached hydrogens (tertiary/aromatic N) is 2. The number of amides is 3. The lowest BCUT2D eigenvalue weighted by Crippen LogP contribution is -2.58. The zero-order chi connectivity index (χ0) is 23.0. The van der Waals surface area contributed by atoms with Crippen LogP contribution in [0, 0.1) is 19.8 Å². The molecule has 2 aromatic carbocycles. The van der Waals surface area contributed by atoms with Crippen molar-refractivity contribution in [2.45, 2.75) is 13.8 Å². The fraction of sp³-hybridized carbons (Fsp3) is 0.136. The van der Waals surface area contributed by atoms with E-state index in [-0.39, 0.29) is 10.9 Å². The maximum absolute atomic E-state index is 13.0. The molecule has 1 aliphatic rings. The average Bonchev–Trinajstić information content (AvgIpc) is 3.16. The minimum atomic E-state index is -1.25. The number of halogens is 1. The molecule has 3 aromatic rings. The van der Waals surface area contributed by atoms with E-state index in [0.717, 1.165) is 27.2 Å². The van der Waals surface area contributed by atoms with E-state index in [2.05, 4.69) is 31.8 Å². The minimum Gasteiger partial charge on any atom is -0.451 e. The van der Waals surface area contributed by atoms with Crippen LogP contribution in [0.3, 0.4) is 0 Å². The molecule has 8 nitrogen and oxygen atoms in total. The molecule has 0 unspecified atom stereocenters. The second kappa shape index (κ2) is 8.64. The van der Waals surface area contributed by atoms with Crippen LogP contribution in [0.2, 0.25) is 0 Å². The summed E-state index contributed by atoms with van der Waals surface area (Å²) in [6.45, 7) is 3.87.